The summed E-state index contributed by atoms with van der Waals surface area (Å²) in [4.78, 5) is 4.66. The summed E-state index contributed by atoms with van der Waals surface area (Å²) in [6.45, 7) is 11.2. The van der Waals surface area contributed by atoms with Crippen molar-refractivity contribution in [3.8, 4) is 0 Å². The van der Waals surface area contributed by atoms with E-state index in [1.54, 1.807) is 0 Å². The number of nitrogens with zero attached hydrogens (tertiary/aromatic N) is 4. The first-order chi connectivity index (χ1) is 11.5. The van der Waals surface area contributed by atoms with Crippen LogP contribution < -0.4 is 10.6 Å². The quantitative estimate of drug-likeness (QED) is 0.620. The van der Waals surface area contributed by atoms with Gasteiger partial charge >= 0.3 is 0 Å². The van der Waals surface area contributed by atoms with Gasteiger partial charge in [-0.1, -0.05) is 13.8 Å². The molecule has 1 aliphatic carbocycles. The maximum absolute atomic E-state index is 4.66. The molecule has 0 aliphatic heterocycles. The molecule has 2 N–H and O–H groups in total. The van der Waals surface area contributed by atoms with E-state index < -0.39 is 0 Å². The van der Waals surface area contributed by atoms with Gasteiger partial charge in [-0.2, -0.15) is 0 Å². The monoisotopic (exact) mass is 334 g/mol. The van der Waals surface area contributed by atoms with Crippen molar-refractivity contribution in [2.45, 2.75) is 59.9 Å². The van der Waals surface area contributed by atoms with E-state index in [1.165, 1.54) is 25.7 Å². The predicted molar refractivity (Wildman–Crippen MR) is 98.8 cm³/mol. The molecule has 0 unspecified atom stereocenters. The second-order valence-electron chi connectivity index (χ2n) is 7.32. The minimum Gasteiger partial charge on any atom is -0.357 e. The van der Waals surface area contributed by atoms with Gasteiger partial charge in [-0.15, -0.1) is 10.2 Å². The number of nitrogens with one attached hydrogen (secondary N) is 2. The molecule has 6 heteroatoms. The summed E-state index contributed by atoms with van der Waals surface area (Å²) in [5, 5.41) is 15.1. The number of aryl methyl sites for hydroxylation is 1. The number of aromatic nitrogens is 3. The van der Waals surface area contributed by atoms with Crippen LogP contribution in [-0.4, -0.2) is 33.8 Å². The van der Waals surface area contributed by atoms with Gasteiger partial charge in [0, 0.05) is 20.1 Å². The zero-order valence-corrected chi connectivity index (χ0v) is 16.0. The minimum atomic E-state index is 0.548. The summed E-state index contributed by atoms with van der Waals surface area (Å²) >= 11 is 0. The van der Waals surface area contributed by atoms with Crippen LogP contribution in [0, 0.1) is 24.7 Å². The molecule has 0 saturated heterocycles. The Morgan fingerprint density at radius 2 is 1.92 bits per heavy atom. The van der Waals surface area contributed by atoms with Crippen molar-refractivity contribution in [3.05, 3.63) is 11.6 Å². The molecule has 1 aromatic rings. The first-order valence-corrected chi connectivity index (χ1v) is 9.38. The standard InChI is InChI=1S/C18H34N6/c1-6-19-18(21-12-17-23-22-14(4)24(17)5)20-11-15-7-9-16(10-8-15)13(2)3/h13,15-16H,6-12H2,1-5H3,(H2,19,20,21). The van der Waals surface area contributed by atoms with Crippen LogP contribution in [0.1, 0.15) is 58.1 Å². The van der Waals surface area contributed by atoms with E-state index in [9.17, 15) is 0 Å². The van der Waals surface area contributed by atoms with Crippen LogP contribution in [0.5, 0.6) is 0 Å². The SMILES string of the molecule is CCNC(=NCc1nnc(C)n1C)NCC1CCC(C(C)C)CC1. The molecule has 0 spiro atoms. The van der Waals surface area contributed by atoms with Gasteiger partial charge in [0.15, 0.2) is 11.8 Å². The van der Waals surface area contributed by atoms with Gasteiger partial charge in [-0.05, 0) is 57.3 Å². The smallest absolute Gasteiger partial charge is 0.191 e. The van der Waals surface area contributed by atoms with Crippen LogP contribution in [-0.2, 0) is 13.6 Å². The predicted octanol–water partition coefficient (Wildman–Crippen LogP) is 2.64. The second-order valence-corrected chi connectivity index (χ2v) is 7.32. The molecular formula is C18H34N6. The van der Waals surface area contributed by atoms with Crippen molar-refractivity contribution < 1.29 is 0 Å². The van der Waals surface area contributed by atoms with Crippen molar-refractivity contribution in [2.75, 3.05) is 13.1 Å². The Morgan fingerprint density at radius 1 is 1.21 bits per heavy atom. The summed E-state index contributed by atoms with van der Waals surface area (Å²) in [5.41, 5.74) is 0. The van der Waals surface area contributed by atoms with Crippen LogP contribution in [0.25, 0.3) is 0 Å². The third-order valence-electron chi connectivity index (χ3n) is 5.30. The van der Waals surface area contributed by atoms with Crippen molar-refractivity contribution in [3.63, 3.8) is 0 Å². The normalized spacial score (nSPS) is 22.0. The highest BCUT2D eigenvalue weighted by Gasteiger charge is 2.23. The molecule has 0 bridgehead atoms. The molecule has 6 nitrogen and oxygen atoms in total. The van der Waals surface area contributed by atoms with Crippen molar-refractivity contribution in [1.29, 1.82) is 0 Å². The molecule has 2 rings (SSSR count). The fourth-order valence-corrected chi connectivity index (χ4v) is 3.38. The van der Waals surface area contributed by atoms with Crippen LogP contribution in [0.15, 0.2) is 4.99 Å². The molecule has 24 heavy (non-hydrogen) atoms. The Labute approximate surface area is 146 Å². The number of hydrogen-bond acceptors (Lipinski definition) is 3. The van der Waals surface area contributed by atoms with E-state index in [-0.39, 0.29) is 0 Å². The van der Waals surface area contributed by atoms with E-state index in [0.29, 0.717) is 6.54 Å². The molecule has 136 valence electrons. The zero-order chi connectivity index (χ0) is 17.5. The zero-order valence-electron chi connectivity index (χ0n) is 16.0. The van der Waals surface area contributed by atoms with Crippen LogP contribution >= 0.6 is 0 Å². The van der Waals surface area contributed by atoms with Crippen LogP contribution in [0.3, 0.4) is 0 Å². The Kier molecular flexibility index (Phi) is 7.06. The second kappa shape index (κ2) is 9.04. The average Bonchev–Trinajstić information content (AvgIpc) is 2.89. The number of rotatable bonds is 6. The Morgan fingerprint density at radius 3 is 2.46 bits per heavy atom. The summed E-state index contributed by atoms with van der Waals surface area (Å²) in [6, 6.07) is 0. The highest BCUT2D eigenvalue weighted by Crippen LogP contribution is 2.32. The molecule has 1 heterocycles. The van der Waals surface area contributed by atoms with Gasteiger partial charge in [-0.25, -0.2) is 4.99 Å². The van der Waals surface area contributed by atoms with Gasteiger partial charge in [0.05, 0.1) is 0 Å². The number of aliphatic imine (C=N–C) groups is 1. The molecule has 1 aliphatic rings. The first kappa shape index (κ1) is 18.7. The summed E-state index contributed by atoms with van der Waals surface area (Å²) in [5.74, 6) is 5.20. The Balaban J connectivity index is 1.83. The lowest BCUT2D eigenvalue weighted by Gasteiger charge is -2.31. The van der Waals surface area contributed by atoms with Gasteiger partial charge < -0.3 is 15.2 Å². The topological polar surface area (TPSA) is 67.1 Å². The molecular weight excluding hydrogens is 300 g/mol. The van der Waals surface area contributed by atoms with E-state index in [4.69, 9.17) is 0 Å². The van der Waals surface area contributed by atoms with Crippen molar-refractivity contribution in [2.24, 2.45) is 29.8 Å². The summed E-state index contributed by atoms with van der Waals surface area (Å²) < 4.78 is 1.99. The molecule has 0 radical (unpaired) electrons. The molecule has 0 atom stereocenters. The van der Waals surface area contributed by atoms with Gasteiger partial charge in [-0.3, -0.25) is 0 Å². The van der Waals surface area contributed by atoms with E-state index in [2.05, 4.69) is 46.6 Å². The third-order valence-corrected chi connectivity index (χ3v) is 5.30. The van der Waals surface area contributed by atoms with E-state index in [0.717, 1.165) is 48.5 Å². The van der Waals surface area contributed by atoms with Gasteiger partial charge in [0.2, 0.25) is 0 Å². The Bertz CT molecular complexity index is 526. The highest BCUT2D eigenvalue weighted by atomic mass is 15.3. The molecule has 1 saturated carbocycles. The molecule has 1 aromatic heterocycles. The van der Waals surface area contributed by atoms with Crippen molar-refractivity contribution >= 4 is 5.96 Å². The van der Waals surface area contributed by atoms with E-state index >= 15 is 0 Å². The Hall–Kier alpha value is -1.59. The third kappa shape index (κ3) is 5.21. The lowest BCUT2D eigenvalue weighted by Crippen LogP contribution is -2.40. The minimum absolute atomic E-state index is 0.548. The van der Waals surface area contributed by atoms with E-state index in [1.807, 2.05) is 18.5 Å². The number of hydrogen-bond donors (Lipinski definition) is 2. The molecule has 0 amide bonds. The summed E-state index contributed by atoms with van der Waals surface area (Å²) in [7, 11) is 1.98. The average molecular weight is 335 g/mol. The lowest BCUT2D eigenvalue weighted by molar-refractivity contribution is 0.224. The molecule has 0 aromatic carbocycles. The largest absolute Gasteiger partial charge is 0.357 e. The first-order valence-electron chi connectivity index (χ1n) is 9.38. The number of guanidine groups is 1. The fraction of sp³-hybridized carbons (Fsp3) is 0.833. The van der Waals surface area contributed by atoms with Crippen molar-refractivity contribution in [1.82, 2.24) is 25.4 Å². The van der Waals surface area contributed by atoms with Crippen LogP contribution in [0.4, 0.5) is 0 Å². The van der Waals surface area contributed by atoms with Gasteiger partial charge in [0.25, 0.3) is 0 Å². The maximum Gasteiger partial charge on any atom is 0.191 e. The van der Waals surface area contributed by atoms with Gasteiger partial charge in [0.1, 0.15) is 12.4 Å². The van der Waals surface area contributed by atoms with Crippen LogP contribution in [0.2, 0.25) is 0 Å². The summed E-state index contributed by atoms with van der Waals surface area (Å²) in [6.07, 6.45) is 5.40. The molecule has 1 fully saturated rings. The lowest BCUT2D eigenvalue weighted by atomic mass is 9.77. The highest BCUT2D eigenvalue weighted by molar-refractivity contribution is 5.79. The maximum atomic E-state index is 4.66. The fourth-order valence-electron chi connectivity index (χ4n) is 3.38.